The van der Waals surface area contributed by atoms with E-state index in [0.717, 1.165) is 23.1 Å². The number of carbonyl (C=O) groups excluding carboxylic acids is 1. The standard InChI is InChI=1S/C24H19F3N4O/c1-13-21-16(23(30(2)29-21)15-11-18(25)20(27)19(26)12-15)8-10-31(13)24(32)17-7-3-5-14-6-4-9-28-22(14)17/h3-7,9,11-13H,8,10H2,1-2H3/t13-/m0/s1. The number of aromatic nitrogens is 3. The van der Waals surface area contributed by atoms with Crippen molar-refractivity contribution in [1.29, 1.82) is 0 Å². The summed E-state index contributed by atoms with van der Waals surface area (Å²) in [6.45, 7) is 2.28. The monoisotopic (exact) mass is 436 g/mol. The summed E-state index contributed by atoms with van der Waals surface area (Å²) in [4.78, 5) is 19.5. The third kappa shape index (κ3) is 3.05. The molecule has 0 bridgehead atoms. The lowest BCUT2D eigenvalue weighted by atomic mass is 9.94. The van der Waals surface area contributed by atoms with Crippen LogP contribution in [-0.4, -0.2) is 32.1 Å². The number of nitrogens with zero attached hydrogens (tertiary/aromatic N) is 4. The van der Waals surface area contributed by atoms with Crippen molar-refractivity contribution in [3.8, 4) is 11.3 Å². The van der Waals surface area contributed by atoms with Gasteiger partial charge in [0, 0.05) is 36.3 Å². The molecule has 5 rings (SSSR count). The van der Waals surface area contributed by atoms with Gasteiger partial charge in [0.25, 0.3) is 5.91 Å². The second kappa shape index (κ2) is 7.47. The first-order valence-corrected chi connectivity index (χ1v) is 10.2. The maximum Gasteiger partial charge on any atom is 0.256 e. The van der Waals surface area contributed by atoms with Gasteiger partial charge in [0.2, 0.25) is 0 Å². The number of hydrogen-bond donors (Lipinski definition) is 0. The highest BCUT2D eigenvalue weighted by molar-refractivity contribution is 6.05. The van der Waals surface area contributed by atoms with Gasteiger partial charge in [-0.05, 0) is 37.6 Å². The Kier molecular flexibility index (Phi) is 4.73. The van der Waals surface area contributed by atoms with E-state index in [1.54, 1.807) is 24.2 Å². The molecule has 2 aromatic heterocycles. The van der Waals surface area contributed by atoms with Crippen LogP contribution in [0.25, 0.3) is 22.2 Å². The molecule has 1 aliphatic rings. The van der Waals surface area contributed by atoms with Gasteiger partial charge in [-0.25, -0.2) is 13.2 Å². The predicted octanol–water partition coefficient (Wildman–Crippen LogP) is 4.81. The van der Waals surface area contributed by atoms with Crippen LogP contribution in [0.3, 0.4) is 0 Å². The van der Waals surface area contributed by atoms with Crippen molar-refractivity contribution in [2.45, 2.75) is 19.4 Å². The van der Waals surface area contributed by atoms with Crippen LogP contribution in [0.5, 0.6) is 0 Å². The summed E-state index contributed by atoms with van der Waals surface area (Å²) < 4.78 is 42.7. The second-order valence-corrected chi connectivity index (χ2v) is 7.90. The lowest BCUT2D eigenvalue weighted by Crippen LogP contribution is -2.39. The molecule has 0 unspecified atom stereocenters. The molecule has 1 atom stereocenters. The fraction of sp³-hybridized carbons (Fsp3) is 0.208. The van der Waals surface area contributed by atoms with Crippen LogP contribution in [0.15, 0.2) is 48.7 Å². The van der Waals surface area contributed by atoms with E-state index in [1.165, 1.54) is 4.68 Å². The van der Waals surface area contributed by atoms with Gasteiger partial charge in [-0.15, -0.1) is 0 Å². The first-order chi connectivity index (χ1) is 15.4. The van der Waals surface area contributed by atoms with E-state index in [2.05, 4.69) is 10.1 Å². The first kappa shape index (κ1) is 20.2. The molecule has 0 radical (unpaired) electrons. The molecule has 8 heteroatoms. The van der Waals surface area contributed by atoms with E-state index in [0.29, 0.717) is 35.4 Å². The number of carbonyl (C=O) groups is 1. The third-order valence-electron chi connectivity index (χ3n) is 6.02. The highest BCUT2D eigenvalue weighted by Crippen LogP contribution is 2.37. The molecule has 0 aliphatic carbocycles. The molecule has 0 saturated carbocycles. The lowest BCUT2D eigenvalue weighted by molar-refractivity contribution is 0.0675. The van der Waals surface area contributed by atoms with Gasteiger partial charge in [0.05, 0.1) is 28.5 Å². The van der Waals surface area contributed by atoms with Gasteiger partial charge < -0.3 is 4.90 Å². The minimum absolute atomic E-state index is 0.154. The Balaban J connectivity index is 1.54. The summed E-state index contributed by atoms with van der Waals surface area (Å²) in [6, 6.07) is 10.8. The highest BCUT2D eigenvalue weighted by Gasteiger charge is 2.34. The Morgan fingerprint density at radius 2 is 1.81 bits per heavy atom. The van der Waals surface area contributed by atoms with E-state index in [4.69, 9.17) is 0 Å². The Bertz CT molecular complexity index is 1350. The minimum atomic E-state index is -1.50. The van der Waals surface area contributed by atoms with E-state index in [-0.39, 0.29) is 17.5 Å². The minimum Gasteiger partial charge on any atom is -0.330 e. The average Bonchev–Trinajstić information content (AvgIpc) is 3.13. The van der Waals surface area contributed by atoms with Gasteiger partial charge >= 0.3 is 0 Å². The average molecular weight is 436 g/mol. The normalized spacial score (nSPS) is 15.8. The van der Waals surface area contributed by atoms with Crippen LogP contribution in [0.1, 0.15) is 34.6 Å². The van der Waals surface area contributed by atoms with Crippen molar-refractivity contribution < 1.29 is 18.0 Å². The highest BCUT2D eigenvalue weighted by atomic mass is 19.2. The molecule has 5 nitrogen and oxygen atoms in total. The number of para-hydroxylation sites is 1. The van der Waals surface area contributed by atoms with Crippen molar-refractivity contribution in [3.63, 3.8) is 0 Å². The van der Waals surface area contributed by atoms with Crippen molar-refractivity contribution in [2.24, 2.45) is 7.05 Å². The third-order valence-corrected chi connectivity index (χ3v) is 6.02. The number of fused-ring (bicyclic) bond motifs is 2. The summed E-state index contributed by atoms with van der Waals surface area (Å²) >= 11 is 0. The van der Waals surface area contributed by atoms with Gasteiger partial charge in [0.1, 0.15) is 0 Å². The predicted molar refractivity (Wildman–Crippen MR) is 113 cm³/mol. The number of amides is 1. The Hall–Kier alpha value is -3.68. The number of hydrogen-bond acceptors (Lipinski definition) is 3. The van der Waals surface area contributed by atoms with Gasteiger partial charge in [0.15, 0.2) is 17.5 Å². The topological polar surface area (TPSA) is 51.0 Å². The molecule has 1 aliphatic heterocycles. The summed E-state index contributed by atoms with van der Waals surface area (Å²) in [5.74, 6) is -4.16. The molecule has 0 N–H and O–H groups in total. The van der Waals surface area contributed by atoms with E-state index in [1.807, 2.05) is 31.2 Å². The molecule has 162 valence electrons. The largest absolute Gasteiger partial charge is 0.330 e. The molecule has 0 saturated heterocycles. The summed E-state index contributed by atoms with van der Waals surface area (Å²) in [5.41, 5.74) is 3.33. The quantitative estimate of drug-likeness (QED) is 0.424. The molecule has 0 spiro atoms. The fourth-order valence-electron chi connectivity index (χ4n) is 4.51. The van der Waals surface area contributed by atoms with Crippen LogP contribution in [0.4, 0.5) is 13.2 Å². The number of benzene rings is 2. The maximum absolute atomic E-state index is 13.9. The first-order valence-electron chi connectivity index (χ1n) is 10.2. The molecule has 1 amide bonds. The van der Waals surface area contributed by atoms with Gasteiger partial charge in [-0.1, -0.05) is 18.2 Å². The van der Waals surface area contributed by atoms with Gasteiger partial charge in [-0.2, -0.15) is 5.10 Å². The van der Waals surface area contributed by atoms with Crippen molar-refractivity contribution in [3.05, 3.63) is 82.9 Å². The van der Waals surface area contributed by atoms with Crippen molar-refractivity contribution in [2.75, 3.05) is 6.54 Å². The Labute approximate surface area is 182 Å². The summed E-state index contributed by atoms with van der Waals surface area (Å²) in [6.07, 6.45) is 2.11. The van der Waals surface area contributed by atoms with Crippen molar-refractivity contribution >= 4 is 16.8 Å². The Morgan fingerprint density at radius 3 is 2.56 bits per heavy atom. The molecule has 3 heterocycles. The van der Waals surface area contributed by atoms with Crippen LogP contribution in [-0.2, 0) is 13.5 Å². The van der Waals surface area contributed by atoms with Crippen LogP contribution in [0.2, 0.25) is 0 Å². The molecule has 4 aromatic rings. The van der Waals surface area contributed by atoms with Gasteiger partial charge in [-0.3, -0.25) is 14.5 Å². The van der Waals surface area contributed by atoms with Crippen LogP contribution in [0, 0.1) is 17.5 Å². The molecule has 32 heavy (non-hydrogen) atoms. The number of halogens is 3. The Morgan fingerprint density at radius 1 is 1.09 bits per heavy atom. The molecule has 2 aromatic carbocycles. The summed E-state index contributed by atoms with van der Waals surface area (Å²) in [5, 5.41) is 5.43. The van der Waals surface area contributed by atoms with E-state index >= 15 is 0 Å². The second-order valence-electron chi connectivity index (χ2n) is 7.90. The SMILES string of the molecule is C[C@H]1c2nn(C)c(-c3cc(F)c(F)c(F)c3)c2CCN1C(=O)c1cccc2cccnc12. The van der Waals surface area contributed by atoms with E-state index in [9.17, 15) is 18.0 Å². The fourth-order valence-corrected chi connectivity index (χ4v) is 4.51. The lowest BCUT2D eigenvalue weighted by Gasteiger charge is -2.33. The van der Waals surface area contributed by atoms with Crippen LogP contribution < -0.4 is 0 Å². The molecule has 0 fully saturated rings. The maximum atomic E-state index is 13.9. The zero-order valence-corrected chi connectivity index (χ0v) is 17.4. The zero-order valence-electron chi connectivity index (χ0n) is 17.4. The number of rotatable bonds is 2. The molecular formula is C24H19F3N4O. The summed E-state index contributed by atoms with van der Waals surface area (Å²) in [7, 11) is 1.67. The zero-order chi connectivity index (χ0) is 22.6. The van der Waals surface area contributed by atoms with E-state index < -0.39 is 17.5 Å². The van der Waals surface area contributed by atoms with Crippen molar-refractivity contribution in [1.82, 2.24) is 19.7 Å². The number of pyridine rings is 1. The van der Waals surface area contributed by atoms with Crippen LogP contribution >= 0.6 is 0 Å². The molecular weight excluding hydrogens is 417 g/mol. The number of aryl methyl sites for hydroxylation is 1. The smallest absolute Gasteiger partial charge is 0.256 e.